The number of aryl methyl sites for hydroxylation is 2. The van der Waals surface area contributed by atoms with Gasteiger partial charge in [0, 0.05) is 17.2 Å². The Morgan fingerprint density at radius 2 is 1.48 bits per heavy atom. The molecule has 6 heteroatoms. The molecule has 1 saturated carbocycles. The minimum atomic E-state index is -0.232. The molecular formula is C27H32N4OS. The maximum absolute atomic E-state index is 13.0. The minimum Gasteiger partial charge on any atom is -0.352 e. The number of nitrogens with one attached hydrogen (secondary N) is 1. The van der Waals surface area contributed by atoms with Crippen molar-refractivity contribution >= 4 is 17.7 Å². The molecule has 4 rings (SSSR count). The Bertz CT molecular complexity index is 1080. The zero-order chi connectivity index (χ0) is 23.2. The second-order valence-electron chi connectivity index (χ2n) is 8.88. The highest BCUT2D eigenvalue weighted by atomic mass is 32.2. The smallest absolute Gasteiger partial charge is 0.233 e. The number of carbonyl (C=O) groups is 1. The molecule has 1 amide bonds. The number of hydrogen-bond donors (Lipinski definition) is 1. The molecule has 1 fully saturated rings. The van der Waals surface area contributed by atoms with Crippen molar-refractivity contribution in [2.45, 2.75) is 75.7 Å². The minimum absolute atomic E-state index is 0.0810. The maximum Gasteiger partial charge on any atom is 0.233 e. The summed E-state index contributed by atoms with van der Waals surface area (Å²) in [6.45, 7) is 6.17. The second kappa shape index (κ2) is 10.9. The maximum atomic E-state index is 13.0. The van der Waals surface area contributed by atoms with Gasteiger partial charge in [0.05, 0.1) is 5.25 Å². The molecule has 0 unspecified atom stereocenters. The molecule has 3 aromatic rings. The number of nitrogens with zero attached hydrogens (tertiary/aromatic N) is 3. The average Bonchev–Trinajstić information content (AvgIpc) is 2.84. The highest BCUT2D eigenvalue weighted by molar-refractivity contribution is 8.00. The van der Waals surface area contributed by atoms with Crippen LogP contribution in [-0.4, -0.2) is 32.4 Å². The highest BCUT2D eigenvalue weighted by Gasteiger charge is 2.24. The van der Waals surface area contributed by atoms with Gasteiger partial charge in [0.15, 0.2) is 0 Å². The Hall–Kier alpha value is -2.73. The second-order valence-corrected chi connectivity index (χ2v) is 10.1. The molecule has 0 bridgehead atoms. The van der Waals surface area contributed by atoms with Crippen LogP contribution in [0.2, 0.25) is 0 Å². The van der Waals surface area contributed by atoms with Gasteiger partial charge in [0.2, 0.25) is 11.1 Å². The largest absolute Gasteiger partial charge is 0.352 e. The van der Waals surface area contributed by atoms with Crippen LogP contribution < -0.4 is 5.32 Å². The summed E-state index contributed by atoms with van der Waals surface area (Å²) in [5.41, 5.74) is 5.90. The zero-order valence-electron chi connectivity index (χ0n) is 19.7. The summed E-state index contributed by atoms with van der Waals surface area (Å²) in [7, 11) is 0. The van der Waals surface area contributed by atoms with Crippen LogP contribution >= 0.6 is 11.8 Å². The summed E-state index contributed by atoms with van der Waals surface area (Å²) >= 11 is 1.41. The standard InChI is InChI=1S/C27H32N4OS/c1-4-23(26(32)28-22-8-6-5-7-9-22)33-27-29-24(20-14-10-18(2)11-15-20)25(30-31-27)21-16-12-19(3)13-17-21/h10-17,22-23H,4-9H2,1-3H3,(H,28,32)/t23-/m0/s1. The van der Waals surface area contributed by atoms with Crippen LogP contribution in [0.5, 0.6) is 0 Å². The molecule has 1 N–H and O–H groups in total. The van der Waals surface area contributed by atoms with E-state index in [2.05, 4.69) is 77.9 Å². The first-order valence-electron chi connectivity index (χ1n) is 11.9. The predicted molar refractivity (Wildman–Crippen MR) is 135 cm³/mol. The molecule has 1 atom stereocenters. The van der Waals surface area contributed by atoms with Gasteiger partial charge in [-0.1, -0.05) is 97.6 Å². The fourth-order valence-electron chi connectivity index (χ4n) is 4.17. The Balaban J connectivity index is 1.61. The van der Waals surface area contributed by atoms with Gasteiger partial charge in [-0.25, -0.2) is 4.98 Å². The van der Waals surface area contributed by atoms with Gasteiger partial charge < -0.3 is 5.32 Å². The fourth-order valence-corrected chi connectivity index (χ4v) is 5.00. The number of benzene rings is 2. The summed E-state index contributed by atoms with van der Waals surface area (Å²) in [6.07, 6.45) is 6.53. The van der Waals surface area contributed by atoms with Gasteiger partial charge in [0.1, 0.15) is 11.4 Å². The number of thioether (sulfide) groups is 1. The van der Waals surface area contributed by atoms with E-state index in [1.54, 1.807) is 0 Å². The summed E-state index contributed by atoms with van der Waals surface area (Å²) in [4.78, 5) is 17.8. The Kier molecular flexibility index (Phi) is 7.76. The Labute approximate surface area is 200 Å². The quantitative estimate of drug-likeness (QED) is 0.429. The van der Waals surface area contributed by atoms with Crippen molar-refractivity contribution < 1.29 is 4.79 Å². The first-order chi connectivity index (χ1) is 16.0. The van der Waals surface area contributed by atoms with E-state index >= 15 is 0 Å². The molecule has 2 aromatic carbocycles. The van der Waals surface area contributed by atoms with Crippen molar-refractivity contribution in [2.24, 2.45) is 0 Å². The molecule has 1 heterocycles. The molecule has 33 heavy (non-hydrogen) atoms. The lowest BCUT2D eigenvalue weighted by atomic mass is 9.95. The number of rotatable bonds is 7. The number of carbonyl (C=O) groups excluding carboxylic acids is 1. The number of amides is 1. The van der Waals surface area contributed by atoms with Crippen LogP contribution in [0.25, 0.3) is 22.5 Å². The van der Waals surface area contributed by atoms with E-state index < -0.39 is 0 Å². The van der Waals surface area contributed by atoms with Gasteiger partial charge >= 0.3 is 0 Å². The van der Waals surface area contributed by atoms with Crippen LogP contribution in [-0.2, 0) is 4.79 Å². The van der Waals surface area contributed by atoms with E-state index in [-0.39, 0.29) is 11.2 Å². The molecule has 5 nitrogen and oxygen atoms in total. The predicted octanol–water partition coefficient (Wildman–Crippen LogP) is 6.14. The van der Waals surface area contributed by atoms with E-state index in [1.807, 2.05) is 6.92 Å². The van der Waals surface area contributed by atoms with E-state index in [9.17, 15) is 4.79 Å². The first kappa shape index (κ1) is 23.4. The lowest BCUT2D eigenvalue weighted by Gasteiger charge is -2.24. The topological polar surface area (TPSA) is 67.8 Å². The summed E-state index contributed by atoms with van der Waals surface area (Å²) in [5, 5.41) is 12.5. The lowest BCUT2D eigenvalue weighted by molar-refractivity contribution is -0.121. The summed E-state index contributed by atoms with van der Waals surface area (Å²) in [5.74, 6) is 0.0810. The molecule has 172 valence electrons. The first-order valence-corrected chi connectivity index (χ1v) is 12.8. The van der Waals surface area contributed by atoms with Gasteiger partial charge in [-0.2, -0.15) is 0 Å². The van der Waals surface area contributed by atoms with Gasteiger partial charge in [-0.15, -0.1) is 10.2 Å². The molecule has 0 aliphatic heterocycles. The van der Waals surface area contributed by atoms with Crippen molar-refractivity contribution in [3.8, 4) is 22.5 Å². The SMILES string of the molecule is CC[C@H](Sc1nnc(-c2ccc(C)cc2)c(-c2ccc(C)cc2)n1)C(=O)NC1CCCCC1. The van der Waals surface area contributed by atoms with Crippen molar-refractivity contribution in [1.82, 2.24) is 20.5 Å². The lowest BCUT2D eigenvalue weighted by Crippen LogP contribution is -2.41. The van der Waals surface area contributed by atoms with Crippen LogP contribution in [0, 0.1) is 13.8 Å². The van der Waals surface area contributed by atoms with Crippen LogP contribution in [0.3, 0.4) is 0 Å². The van der Waals surface area contributed by atoms with Gasteiger partial charge in [0.25, 0.3) is 0 Å². The third-order valence-corrected chi connectivity index (χ3v) is 7.40. The van der Waals surface area contributed by atoms with Crippen molar-refractivity contribution in [2.75, 3.05) is 0 Å². The average molecular weight is 461 g/mol. The van der Waals surface area contributed by atoms with Gasteiger partial charge in [-0.05, 0) is 33.1 Å². The third-order valence-electron chi connectivity index (χ3n) is 6.18. The van der Waals surface area contributed by atoms with E-state index in [1.165, 1.54) is 42.2 Å². The molecular weight excluding hydrogens is 428 g/mol. The van der Waals surface area contributed by atoms with E-state index in [0.717, 1.165) is 35.4 Å². The highest BCUT2D eigenvalue weighted by Crippen LogP contribution is 2.32. The molecule has 1 aromatic heterocycles. The van der Waals surface area contributed by atoms with Crippen LogP contribution in [0.1, 0.15) is 56.6 Å². The molecule has 1 aliphatic rings. The summed E-state index contributed by atoms with van der Waals surface area (Å²) in [6, 6.07) is 16.8. The Morgan fingerprint density at radius 1 is 0.909 bits per heavy atom. The fraction of sp³-hybridized carbons (Fsp3) is 0.407. The molecule has 0 radical (unpaired) electrons. The monoisotopic (exact) mass is 460 g/mol. The number of aromatic nitrogens is 3. The molecule has 1 aliphatic carbocycles. The van der Waals surface area contributed by atoms with Crippen molar-refractivity contribution in [1.29, 1.82) is 0 Å². The van der Waals surface area contributed by atoms with Gasteiger partial charge in [-0.3, -0.25) is 4.79 Å². The third kappa shape index (κ3) is 5.99. The summed E-state index contributed by atoms with van der Waals surface area (Å²) < 4.78 is 0. The van der Waals surface area contributed by atoms with Crippen molar-refractivity contribution in [3.05, 3.63) is 59.7 Å². The zero-order valence-corrected chi connectivity index (χ0v) is 20.5. The molecule has 0 saturated heterocycles. The normalized spacial score (nSPS) is 15.2. The Morgan fingerprint density at radius 3 is 2.06 bits per heavy atom. The van der Waals surface area contributed by atoms with Crippen LogP contribution in [0.15, 0.2) is 53.7 Å². The van der Waals surface area contributed by atoms with Crippen LogP contribution in [0.4, 0.5) is 0 Å². The molecule has 0 spiro atoms. The van der Waals surface area contributed by atoms with E-state index in [4.69, 9.17) is 4.98 Å². The number of hydrogen-bond acceptors (Lipinski definition) is 5. The van der Waals surface area contributed by atoms with Crippen molar-refractivity contribution in [3.63, 3.8) is 0 Å². The van der Waals surface area contributed by atoms with E-state index in [0.29, 0.717) is 17.6 Å².